The lowest BCUT2D eigenvalue weighted by atomic mass is 10.1. The Morgan fingerprint density at radius 2 is 2.07 bits per heavy atom. The van der Waals surface area contributed by atoms with E-state index in [-0.39, 0.29) is 24.9 Å². The van der Waals surface area contributed by atoms with E-state index in [1.54, 1.807) is 42.5 Å². The lowest BCUT2D eigenvalue weighted by Gasteiger charge is -2.23. The van der Waals surface area contributed by atoms with Crippen molar-refractivity contribution in [3.05, 3.63) is 59.2 Å². The third-order valence-electron chi connectivity index (χ3n) is 4.22. The lowest BCUT2D eigenvalue weighted by Crippen LogP contribution is -2.29. The summed E-state index contributed by atoms with van der Waals surface area (Å²) in [7, 11) is 1.41. The summed E-state index contributed by atoms with van der Waals surface area (Å²) in [6.45, 7) is 0.0973. The molecule has 1 heterocycles. The number of methoxy groups -OCH3 is 1. The van der Waals surface area contributed by atoms with E-state index in [1.165, 1.54) is 7.11 Å². The van der Waals surface area contributed by atoms with Gasteiger partial charge in [-0.25, -0.2) is 4.42 Å². The predicted octanol–water partition coefficient (Wildman–Crippen LogP) is 2.17. The molecule has 1 aliphatic heterocycles. The van der Waals surface area contributed by atoms with E-state index >= 15 is 0 Å². The average Bonchev–Trinajstić information content (AvgIpc) is 2.68. The topological polar surface area (TPSA) is 118 Å². The number of fused-ring (bicyclic) bond motifs is 1. The highest BCUT2D eigenvalue weighted by molar-refractivity contribution is 6.21. The summed E-state index contributed by atoms with van der Waals surface area (Å²) in [4.78, 5) is 24.3. The van der Waals surface area contributed by atoms with Gasteiger partial charge in [0, 0.05) is 24.4 Å². The quantitative estimate of drug-likeness (QED) is 0.389. The predicted molar refractivity (Wildman–Crippen MR) is 104 cm³/mol. The molecule has 0 saturated heterocycles. The van der Waals surface area contributed by atoms with Gasteiger partial charge in [0.1, 0.15) is 11.6 Å². The van der Waals surface area contributed by atoms with E-state index in [1.807, 2.05) is 0 Å². The summed E-state index contributed by atoms with van der Waals surface area (Å²) in [6.07, 6.45) is -0.946. The fourth-order valence-corrected chi connectivity index (χ4v) is 3.03. The molecule has 0 aromatic heterocycles. The molecule has 0 saturated carbocycles. The molecule has 9 heteroatoms. The smallest absolute Gasteiger partial charge is 0.270 e. The highest BCUT2D eigenvalue weighted by atomic mass is 35.5. The number of amides is 2. The molecule has 0 radical (unpaired) electrons. The van der Waals surface area contributed by atoms with Gasteiger partial charge in [-0.05, 0) is 23.3 Å². The van der Waals surface area contributed by atoms with Gasteiger partial charge in [-0.15, -0.1) is 0 Å². The van der Waals surface area contributed by atoms with Crippen LogP contribution in [0.2, 0.25) is 0 Å². The summed E-state index contributed by atoms with van der Waals surface area (Å²) >= 11 is 6.20. The van der Waals surface area contributed by atoms with Crippen molar-refractivity contribution in [1.29, 1.82) is 5.41 Å². The van der Waals surface area contributed by atoms with Gasteiger partial charge in [0.2, 0.25) is 0 Å². The molecule has 2 aromatic rings. The van der Waals surface area contributed by atoms with Crippen LogP contribution in [0.3, 0.4) is 0 Å². The molecule has 8 nitrogen and oxygen atoms in total. The van der Waals surface area contributed by atoms with E-state index in [0.717, 1.165) is 9.98 Å². The lowest BCUT2D eigenvalue weighted by molar-refractivity contribution is -0.137. The molecule has 1 aliphatic rings. The van der Waals surface area contributed by atoms with Gasteiger partial charge in [-0.2, -0.15) is 0 Å². The van der Waals surface area contributed by atoms with Crippen molar-refractivity contribution in [2.75, 3.05) is 19.0 Å². The second kappa shape index (κ2) is 8.28. The number of ether oxygens (including phenoxy) is 2. The van der Waals surface area contributed by atoms with Crippen molar-refractivity contribution in [2.45, 2.75) is 12.6 Å². The number of halogens is 1. The maximum absolute atomic E-state index is 12.8. The molecule has 1 unspecified atom stereocenters. The van der Waals surface area contributed by atoms with Crippen LogP contribution in [-0.4, -0.2) is 35.8 Å². The Bertz CT molecular complexity index is 917. The number of nitrogens with zero attached hydrogens (tertiary/aromatic N) is 1. The summed E-state index contributed by atoms with van der Waals surface area (Å²) < 4.78 is 11.7. The van der Waals surface area contributed by atoms with Crippen molar-refractivity contribution in [2.24, 2.45) is 5.73 Å². The maximum atomic E-state index is 12.8. The normalized spacial score (nSPS) is 13.7. The SMILES string of the molecule is COC(C(=O)N(Cl)Cc1ccc(C(=N)N)cc1)c1ccc2c(c1)NC(=O)CO2. The van der Waals surface area contributed by atoms with E-state index in [0.29, 0.717) is 22.6 Å². The fourth-order valence-electron chi connectivity index (χ4n) is 2.80. The largest absolute Gasteiger partial charge is 0.482 e. The Labute approximate surface area is 166 Å². The molecule has 3 rings (SSSR count). The molecule has 0 bridgehead atoms. The molecule has 1 atom stereocenters. The van der Waals surface area contributed by atoms with E-state index in [9.17, 15) is 9.59 Å². The number of rotatable bonds is 6. The molecular formula is C19H19ClN4O4. The van der Waals surface area contributed by atoms with Crippen molar-refractivity contribution < 1.29 is 19.1 Å². The first-order chi connectivity index (χ1) is 13.4. The van der Waals surface area contributed by atoms with Crippen LogP contribution in [0.4, 0.5) is 5.69 Å². The number of hydrogen-bond acceptors (Lipinski definition) is 5. The van der Waals surface area contributed by atoms with Crippen molar-refractivity contribution >= 4 is 35.1 Å². The Kier molecular flexibility index (Phi) is 5.81. The van der Waals surface area contributed by atoms with Crippen molar-refractivity contribution in [3.63, 3.8) is 0 Å². The monoisotopic (exact) mass is 402 g/mol. The molecule has 2 aromatic carbocycles. The average molecular weight is 403 g/mol. The third kappa shape index (κ3) is 4.24. The minimum absolute atomic E-state index is 0.0340. The first-order valence-corrected chi connectivity index (χ1v) is 8.72. The highest BCUT2D eigenvalue weighted by Crippen LogP contribution is 2.32. The summed E-state index contributed by atoms with van der Waals surface area (Å²) in [5.41, 5.74) is 7.81. The van der Waals surface area contributed by atoms with Gasteiger partial charge in [0.05, 0.1) is 12.2 Å². The van der Waals surface area contributed by atoms with Gasteiger partial charge >= 0.3 is 0 Å². The first kappa shape index (κ1) is 19.7. The number of benzene rings is 2. The Balaban J connectivity index is 1.74. The Hall–Kier alpha value is -3.10. The zero-order valence-electron chi connectivity index (χ0n) is 15.1. The number of carbonyl (C=O) groups excluding carboxylic acids is 2. The minimum Gasteiger partial charge on any atom is -0.482 e. The molecule has 28 heavy (non-hydrogen) atoms. The first-order valence-electron chi connectivity index (χ1n) is 8.39. The molecule has 0 aliphatic carbocycles. The fraction of sp³-hybridized carbons (Fsp3) is 0.211. The number of nitrogens with two attached hydrogens (primary N) is 1. The number of nitrogens with one attached hydrogen (secondary N) is 2. The van der Waals surface area contributed by atoms with Gasteiger partial charge in [0.25, 0.3) is 11.8 Å². The number of anilines is 1. The van der Waals surface area contributed by atoms with E-state index in [4.69, 9.17) is 32.4 Å². The van der Waals surface area contributed by atoms with Crippen LogP contribution in [0.15, 0.2) is 42.5 Å². The van der Waals surface area contributed by atoms with Crippen LogP contribution in [0.5, 0.6) is 5.75 Å². The second-order valence-electron chi connectivity index (χ2n) is 6.18. The molecule has 2 amide bonds. The van der Waals surface area contributed by atoms with E-state index in [2.05, 4.69) is 5.32 Å². The number of amidine groups is 1. The number of nitrogen functional groups attached to an aromatic ring is 1. The third-order valence-corrected chi connectivity index (χ3v) is 4.51. The van der Waals surface area contributed by atoms with E-state index < -0.39 is 12.0 Å². The van der Waals surface area contributed by atoms with Gasteiger partial charge in [0.15, 0.2) is 12.7 Å². The van der Waals surface area contributed by atoms with Crippen LogP contribution in [0.1, 0.15) is 22.8 Å². The number of carbonyl (C=O) groups is 2. The van der Waals surface area contributed by atoms with Gasteiger partial charge in [-0.3, -0.25) is 15.0 Å². The molecule has 0 spiro atoms. The highest BCUT2D eigenvalue weighted by Gasteiger charge is 2.27. The molecule has 4 N–H and O–H groups in total. The Morgan fingerprint density at radius 1 is 1.36 bits per heavy atom. The van der Waals surface area contributed by atoms with Crippen LogP contribution >= 0.6 is 11.8 Å². The van der Waals surface area contributed by atoms with Crippen LogP contribution in [0, 0.1) is 5.41 Å². The summed E-state index contributed by atoms with van der Waals surface area (Å²) in [5, 5.41) is 10.1. The van der Waals surface area contributed by atoms with Crippen LogP contribution < -0.4 is 15.8 Å². The van der Waals surface area contributed by atoms with Crippen molar-refractivity contribution in [1.82, 2.24) is 4.42 Å². The Morgan fingerprint density at radius 3 is 2.71 bits per heavy atom. The van der Waals surface area contributed by atoms with Gasteiger partial charge < -0.3 is 20.5 Å². The molecule has 0 fully saturated rings. The maximum Gasteiger partial charge on any atom is 0.270 e. The zero-order chi connectivity index (χ0) is 20.3. The zero-order valence-corrected chi connectivity index (χ0v) is 15.8. The standard InChI is InChI=1S/C19H19ClN4O4/c1-27-17(13-6-7-15-14(8-13)23-16(25)10-28-15)19(26)24(20)9-11-2-4-12(5-3-11)18(21)22/h2-8,17H,9-10H2,1H3,(H3,21,22)(H,23,25). The van der Waals surface area contributed by atoms with Crippen LogP contribution in [-0.2, 0) is 20.9 Å². The molecule has 146 valence electrons. The minimum atomic E-state index is -0.946. The summed E-state index contributed by atoms with van der Waals surface area (Å²) in [5.74, 6) is -0.229. The summed E-state index contributed by atoms with van der Waals surface area (Å²) in [6, 6.07) is 11.8. The molecular weight excluding hydrogens is 384 g/mol. The van der Waals surface area contributed by atoms with Crippen LogP contribution in [0.25, 0.3) is 0 Å². The number of hydrogen-bond donors (Lipinski definition) is 3. The second-order valence-corrected chi connectivity index (χ2v) is 6.59. The van der Waals surface area contributed by atoms with Crippen molar-refractivity contribution in [3.8, 4) is 5.75 Å². The van der Waals surface area contributed by atoms with Gasteiger partial charge in [-0.1, -0.05) is 30.3 Å².